The molecule has 1 saturated heterocycles. The number of aryl methyl sites for hydroxylation is 1. The van der Waals surface area contributed by atoms with Gasteiger partial charge in [-0.1, -0.05) is 24.1 Å². The smallest absolute Gasteiger partial charge is 0.339 e. The van der Waals surface area contributed by atoms with Gasteiger partial charge in [0.15, 0.2) is 0 Å². The summed E-state index contributed by atoms with van der Waals surface area (Å²) in [6, 6.07) is 9.57. The largest absolute Gasteiger partial charge is 0.465 e. The Kier molecular flexibility index (Phi) is 6.80. The molecular formula is C26H28ClFN2O3S. The second kappa shape index (κ2) is 9.82. The van der Waals surface area contributed by atoms with Crippen molar-refractivity contribution in [2.24, 2.45) is 0 Å². The van der Waals surface area contributed by atoms with Gasteiger partial charge in [0.1, 0.15) is 5.82 Å². The van der Waals surface area contributed by atoms with Crippen LogP contribution in [0, 0.1) is 12.7 Å². The first kappa shape index (κ1) is 23.5. The first-order chi connectivity index (χ1) is 16.4. The van der Waals surface area contributed by atoms with Gasteiger partial charge in [0, 0.05) is 46.2 Å². The standard InChI is InChI=1S/C26H28ClFN2O3S/c1-15-25(20-11-22(28)21(27)12-24(20)34-15)16-6-7-23(19(10-16)26(31)32-2)30-8-9-33-18(14-30)13-29-17-4-3-5-17/h6-7,10-12,17-18,29H,3-5,8-9,13-14H2,1-2H3. The number of nitrogens with one attached hydrogen (secondary N) is 1. The average Bonchev–Trinajstić information content (AvgIpc) is 3.12. The summed E-state index contributed by atoms with van der Waals surface area (Å²) in [6.45, 7) is 4.81. The van der Waals surface area contributed by atoms with Crippen LogP contribution in [-0.2, 0) is 9.47 Å². The second-order valence-electron chi connectivity index (χ2n) is 8.99. The Bertz CT molecular complexity index is 1230. The lowest BCUT2D eigenvalue weighted by Crippen LogP contribution is -2.49. The predicted octanol–water partition coefficient (Wildman–Crippen LogP) is 5.80. The molecule has 2 heterocycles. The molecule has 0 spiro atoms. The molecule has 0 radical (unpaired) electrons. The quantitative estimate of drug-likeness (QED) is 0.431. The molecule has 1 aliphatic heterocycles. The highest BCUT2D eigenvalue weighted by Gasteiger charge is 2.27. The Morgan fingerprint density at radius 1 is 1.32 bits per heavy atom. The molecule has 2 aliphatic rings. The molecular weight excluding hydrogens is 475 g/mol. The molecule has 5 rings (SSSR count). The summed E-state index contributed by atoms with van der Waals surface area (Å²) < 4.78 is 26.3. The highest BCUT2D eigenvalue weighted by Crippen LogP contribution is 2.41. The molecule has 0 amide bonds. The van der Waals surface area contributed by atoms with E-state index in [-0.39, 0.29) is 17.1 Å². The number of morpholine rings is 1. The van der Waals surface area contributed by atoms with E-state index in [0.717, 1.165) is 38.3 Å². The van der Waals surface area contributed by atoms with Gasteiger partial charge in [0.05, 0.1) is 36.1 Å². The molecule has 2 aromatic carbocycles. The predicted molar refractivity (Wildman–Crippen MR) is 136 cm³/mol. The molecule has 1 N–H and O–H groups in total. The lowest BCUT2D eigenvalue weighted by Gasteiger charge is -2.37. The van der Waals surface area contributed by atoms with E-state index in [4.69, 9.17) is 21.1 Å². The van der Waals surface area contributed by atoms with Crippen molar-refractivity contribution in [3.8, 4) is 11.1 Å². The highest BCUT2D eigenvalue weighted by molar-refractivity contribution is 7.19. The zero-order chi connectivity index (χ0) is 23.8. The van der Waals surface area contributed by atoms with Crippen molar-refractivity contribution >= 4 is 44.7 Å². The first-order valence-corrected chi connectivity index (χ1v) is 12.8. The van der Waals surface area contributed by atoms with Crippen LogP contribution in [0.3, 0.4) is 0 Å². The third-order valence-corrected chi connectivity index (χ3v) is 8.17. The number of halogens is 2. The summed E-state index contributed by atoms with van der Waals surface area (Å²) in [5.74, 6) is -0.841. The van der Waals surface area contributed by atoms with Crippen molar-refractivity contribution in [1.82, 2.24) is 5.32 Å². The van der Waals surface area contributed by atoms with E-state index in [9.17, 15) is 9.18 Å². The van der Waals surface area contributed by atoms with Crippen LogP contribution in [0.25, 0.3) is 21.2 Å². The Balaban J connectivity index is 1.47. The second-order valence-corrected chi connectivity index (χ2v) is 10.7. The summed E-state index contributed by atoms with van der Waals surface area (Å²) >= 11 is 7.56. The van der Waals surface area contributed by atoms with Gasteiger partial charge in [0.25, 0.3) is 0 Å². The number of ether oxygens (including phenoxy) is 2. The minimum absolute atomic E-state index is 0.0651. The minimum Gasteiger partial charge on any atom is -0.465 e. The Labute approximate surface area is 207 Å². The number of nitrogens with zero attached hydrogens (tertiary/aromatic N) is 1. The van der Waals surface area contributed by atoms with Gasteiger partial charge >= 0.3 is 5.97 Å². The summed E-state index contributed by atoms with van der Waals surface area (Å²) in [5, 5.41) is 4.49. The molecule has 180 valence electrons. The van der Waals surface area contributed by atoms with Crippen molar-refractivity contribution in [2.75, 3.05) is 38.3 Å². The summed E-state index contributed by atoms with van der Waals surface area (Å²) in [4.78, 5) is 16.1. The van der Waals surface area contributed by atoms with Crippen molar-refractivity contribution in [3.05, 3.63) is 51.6 Å². The van der Waals surface area contributed by atoms with E-state index in [0.29, 0.717) is 31.3 Å². The van der Waals surface area contributed by atoms with Gasteiger partial charge in [-0.15, -0.1) is 11.3 Å². The summed E-state index contributed by atoms with van der Waals surface area (Å²) in [5.41, 5.74) is 3.10. The molecule has 1 aromatic heterocycles. The number of thiophene rings is 1. The van der Waals surface area contributed by atoms with Crippen LogP contribution in [0.4, 0.5) is 10.1 Å². The fraction of sp³-hybridized carbons (Fsp3) is 0.423. The van der Waals surface area contributed by atoms with Crippen molar-refractivity contribution in [3.63, 3.8) is 0 Å². The third-order valence-electron chi connectivity index (χ3n) is 6.82. The molecule has 1 atom stereocenters. The maximum Gasteiger partial charge on any atom is 0.339 e. The number of hydrogen-bond donors (Lipinski definition) is 1. The minimum atomic E-state index is -0.451. The first-order valence-electron chi connectivity index (χ1n) is 11.7. The van der Waals surface area contributed by atoms with Crippen LogP contribution in [0.15, 0.2) is 30.3 Å². The fourth-order valence-electron chi connectivity index (χ4n) is 4.79. The number of anilines is 1. The number of esters is 1. The van der Waals surface area contributed by atoms with Gasteiger partial charge in [-0.25, -0.2) is 9.18 Å². The van der Waals surface area contributed by atoms with Gasteiger partial charge in [-0.2, -0.15) is 0 Å². The number of benzene rings is 2. The molecule has 3 aromatic rings. The number of hydrogen-bond acceptors (Lipinski definition) is 6. The number of methoxy groups -OCH3 is 1. The van der Waals surface area contributed by atoms with Crippen molar-refractivity contribution in [2.45, 2.75) is 38.3 Å². The van der Waals surface area contributed by atoms with E-state index in [1.807, 2.05) is 25.1 Å². The van der Waals surface area contributed by atoms with E-state index in [2.05, 4.69) is 10.2 Å². The molecule has 1 saturated carbocycles. The van der Waals surface area contributed by atoms with Crippen LogP contribution in [0.1, 0.15) is 34.5 Å². The molecule has 34 heavy (non-hydrogen) atoms. The van der Waals surface area contributed by atoms with E-state index < -0.39 is 5.82 Å². The highest BCUT2D eigenvalue weighted by atomic mass is 35.5. The van der Waals surface area contributed by atoms with Gasteiger partial charge in [0.2, 0.25) is 0 Å². The van der Waals surface area contributed by atoms with Crippen LogP contribution in [0.2, 0.25) is 5.02 Å². The number of carbonyl (C=O) groups excluding carboxylic acids is 1. The van der Waals surface area contributed by atoms with E-state index >= 15 is 0 Å². The van der Waals surface area contributed by atoms with Gasteiger partial charge in [-0.05, 0) is 49.6 Å². The topological polar surface area (TPSA) is 50.8 Å². The normalized spacial score (nSPS) is 18.8. The molecule has 0 bridgehead atoms. The SMILES string of the molecule is COC(=O)c1cc(-c2c(C)sc3cc(Cl)c(F)cc23)ccc1N1CCOC(CNC2CCC2)C1. The zero-order valence-electron chi connectivity index (χ0n) is 19.3. The number of fused-ring (bicyclic) bond motifs is 1. The Hall–Kier alpha value is -2.19. The van der Waals surface area contributed by atoms with E-state index in [1.165, 1.54) is 32.4 Å². The van der Waals surface area contributed by atoms with Crippen molar-refractivity contribution < 1.29 is 18.7 Å². The molecule has 1 aliphatic carbocycles. The lowest BCUT2D eigenvalue weighted by molar-refractivity contribution is 0.0369. The lowest BCUT2D eigenvalue weighted by atomic mass is 9.93. The third kappa shape index (κ3) is 4.54. The number of rotatable bonds is 6. The van der Waals surface area contributed by atoms with Gasteiger partial charge in [-0.3, -0.25) is 0 Å². The Morgan fingerprint density at radius 2 is 2.15 bits per heavy atom. The molecule has 1 unspecified atom stereocenters. The summed E-state index contributed by atoms with van der Waals surface area (Å²) in [6.07, 6.45) is 3.83. The maximum absolute atomic E-state index is 14.3. The van der Waals surface area contributed by atoms with Crippen LogP contribution < -0.4 is 10.2 Å². The monoisotopic (exact) mass is 502 g/mol. The van der Waals surface area contributed by atoms with Crippen LogP contribution in [0.5, 0.6) is 0 Å². The molecule has 5 nitrogen and oxygen atoms in total. The number of carbonyl (C=O) groups is 1. The molecule has 8 heteroatoms. The maximum atomic E-state index is 14.3. The average molecular weight is 503 g/mol. The Morgan fingerprint density at radius 3 is 2.88 bits per heavy atom. The zero-order valence-corrected chi connectivity index (χ0v) is 20.9. The van der Waals surface area contributed by atoms with Crippen LogP contribution >= 0.6 is 22.9 Å². The van der Waals surface area contributed by atoms with Crippen molar-refractivity contribution in [1.29, 1.82) is 0 Å². The van der Waals surface area contributed by atoms with E-state index in [1.54, 1.807) is 17.4 Å². The van der Waals surface area contributed by atoms with Gasteiger partial charge < -0.3 is 19.7 Å². The fourth-order valence-corrected chi connectivity index (χ4v) is 6.12. The van der Waals surface area contributed by atoms with Crippen LogP contribution in [-0.4, -0.2) is 51.5 Å². The summed E-state index contributed by atoms with van der Waals surface area (Å²) in [7, 11) is 1.39. The molecule has 2 fully saturated rings.